The molecule has 2 aromatic rings. The standard InChI is InChI=1S/C23H29ClN4O3S/c1-27(2)21(29)9-6-18(26-23(31)19-7-8-20(24)32-19)22(30)25-17-5-4-15-10-12-28(3)13-11-16(15)14-17/h4-5,7-8,14,18H,6,9-13H2,1-3H3,(H,25,30)(H,26,31). The van der Waals surface area contributed by atoms with Crippen LogP contribution in [0.4, 0.5) is 5.69 Å². The van der Waals surface area contributed by atoms with Gasteiger partial charge in [-0.2, -0.15) is 0 Å². The van der Waals surface area contributed by atoms with E-state index in [9.17, 15) is 14.4 Å². The van der Waals surface area contributed by atoms with Crippen LogP contribution < -0.4 is 10.6 Å². The minimum Gasteiger partial charge on any atom is -0.349 e. The molecule has 32 heavy (non-hydrogen) atoms. The molecule has 0 radical (unpaired) electrons. The molecule has 0 bridgehead atoms. The molecule has 1 aliphatic rings. The first kappa shape index (κ1) is 24.2. The molecule has 0 aliphatic carbocycles. The highest BCUT2D eigenvalue weighted by Crippen LogP contribution is 2.22. The molecular formula is C23H29ClN4O3S. The second-order valence-corrected chi connectivity index (χ2v) is 9.95. The first-order valence-corrected chi connectivity index (χ1v) is 11.8. The number of halogens is 1. The second-order valence-electron chi connectivity index (χ2n) is 8.23. The number of nitrogens with one attached hydrogen (secondary N) is 2. The number of benzene rings is 1. The van der Waals surface area contributed by atoms with Crippen molar-refractivity contribution in [1.82, 2.24) is 15.1 Å². The lowest BCUT2D eigenvalue weighted by Gasteiger charge is -2.19. The Bertz CT molecular complexity index is 991. The van der Waals surface area contributed by atoms with Gasteiger partial charge in [0.25, 0.3) is 5.91 Å². The Morgan fingerprint density at radius 3 is 2.50 bits per heavy atom. The zero-order valence-electron chi connectivity index (χ0n) is 18.6. The van der Waals surface area contributed by atoms with Crippen molar-refractivity contribution in [3.63, 3.8) is 0 Å². The molecule has 1 aromatic carbocycles. The Morgan fingerprint density at radius 2 is 1.84 bits per heavy atom. The molecule has 1 unspecified atom stereocenters. The maximum absolute atomic E-state index is 13.1. The summed E-state index contributed by atoms with van der Waals surface area (Å²) in [5.41, 5.74) is 3.21. The van der Waals surface area contributed by atoms with E-state index in [4.69, 9.17) is 11.6 Å². The van der Waals surface area contributed by atoms with Crippen LogP contribution in [0.3, 0.4) is 0 Å². The van der Waals surface area contributed by atoms with Gasteiger partial charge in [0.05, 0.1) is 9.21 Å². The van der Waals surface area contributed by atoms with Crippen LogP contribution in [0.25, 0.3) is 0 Å². The summed E-state index contributed by atoms with van der Waals surface area (Å²) in [7, 11) is 5.44. The number of carbonyl (C=O) groups excluding carboxylic acids is 3. The third-order valence-corrected chi connectivity index (χ3v) is 6.79. The molecule has 0 saturated carbocycles. The van der Waals surface area contributed by atoms with Gasteiger partial charge in [0.2, 0.25) is 11.8 Å². The lowest BCUT2D eigenvalue weighted by molar-refractivity contribution is -0.129. The van der Waals surface area contributed by atoms with Gasteiger partial charge in [-0.05, 0) is 61.7 Å². The molecule has 9 heteroatoms. The highest BCUT2D eigenvalue weighted by molar-refractivity contribution is 7.18. The number of hydrogen-bond donors (Lipinski definition) is 2. The molecule has 0 spiro atoms. The lowest BCUT2D eigenvalue weighted by Crippen LogP contribution is -2.44. The summed E-state index contributed by atoms with van der Waals surface area (Å²) in [6, 6.07) is 8.36. The van der Waals surface area contributed by atoms with Crippen molar-refractivity contribution in [2.75, 3.05) is 39.5 Å². The minimum absolute atomic E-state index is 0.106. The van der Waals surface area contributed by atoms with Crippen LogP contribution >= 0.6 is 22.9 Å². The molecule has 2 heterocycles. The van der Waals surface area contributed by atoms with Crippen molar-refractivity contribution in [3.8, 4) is 0 Å². The molecule has 172 valence electrons. The molecule has 3 rings (SSSR count). The fourth-order valence-corrected chi connectivity index (χ4v) is 4.52. The van der Waals surface area contributed by atoms with Gasteiger partial charge in [0.15, 0.2) is 0 Å². The van der Waals surface area contributed by atoms with Crippen LogP contribution in [0.2, 0.25) is 4.34 Å². The molecule has 7 nitrogen and oxygen atoms in total. The smallest absolute Gasteiger partial charge is 0.262 e. The van der Waals surface area contributed by atoms with Crippen LogP contribution in [0.15, 0.2) is 30.3 Å². The third-order valence-electron chi connectivity index (χ3n) is 5.56. The summed E-state index contributed by atoms with van der Waals surface area (Å²) in [6.45, 7) is 1.98. The van der Waals surface area contributed by atoms with Crippen molar-refractivity contribution in [2.24, 2.45) is 0 Å². The van der Waals surface area contributed by atoms with Crippen LogP contribution in [-0.2, 0) is 22.4 Å². The Hall–Kier alpha value is -2.42. The number of amides is 3. The second kappa shape index (κ2) is 10.9. The topological polar surface area (TPSA) is 81.8 Å². The van der Waals surface area contributed by atoms with E-state index in [2.05, 4.69) is 28.6 Å². The number of nitrogens with zero attached hydrogens (tertiary/aromatic N) is 2. The van der Waals surface area contributed by atoms with Gasteiger partial charge in [-0.15, -0.1) is 11.3 Å². The van der Waals surface area contributed by atoms with Crippen LogP contribution in [0.1, 0.15) is 33.6 Å². The summed E-state index contributed by atoms with van der Waals surface area (Å²) < 4.78 is 0.495. The van der Waals surface area contributed by atoms with Crippen molar-refractivity contribution >= 4 is 46.3 Å². The number of anilines is 1. The Labute approximate surface area is 197 Å². The maximum atomic E-state index is 13.1. The fourth-order valence-electron chi connectivity index (χ4n) is 3.57. The summed E-state index contributed by atoms with van der Waals surface area (Å²) in [6.07, 6.45) is 2.25. The maximum Gasteiger partial charge on any atom is 0.262 e. The lowest BCUT2D eigenvalue weighted by atomic mass is 10.0. The third kappa shape index (κ3) is 6.54. The van der Waals surface area contributed by atoms with Gasteiger partial charge in [0, 0.05) is 39.3 Å². The summed E-state index contributed by atoms with van der Waals surface area (Å²) in [5.74, 6) is -0.840. The van der Waals surface area contributed by atoms with Gasteiger partial charge in [-0.25, -0.2) is 0 Å². The summed E-state index contributed by atoms with van der Waals surface area (Å²) in [5, 5.41) is 5.69. The first-order valence-electron chi connectivity index (χ1n) is 10.6. The average Bonchev–Trinajstić information content (AvgIpc) is 3.11. The van der Waals surface area contributed by atoms with E-state index in [1.807, 2.05) is 12.1 Å². The summed E-state index contributed by atoms with van der Waals surface area (Å²) >= 11 is 7.08. The number of hydrogen-bond acceptors (Lipinski definition) is 5. The van der Waals surface area contributed by atoms with Crippen molar-refractivity contribution < 1.29 is 14.4 Å². The average molecular weight is 477 g/mol. The molecule has 0 fully saturated rings. The van der Waals surface area contributed by atoms with Gasteiger partial charge in [-0.1, -0.05) is 17.7 Å². The molecule has 1 aliphatic heterocycles. The van der Waals surface area contributed by atoms with Crippen molar-refractivity contribution in [3.05, 3.63) is 50.7 Å². The van der Waals surface area contributed by atoms with Crippen LogP contribution in [0, 0.1) is 0 Å². The van der Waals surface area contributed by atoms with Crippen LogP contribution in [-0.4, -0.2) is 67.8 Å². The zero-order chi connectivity index (χ0) is 23.3. The van der Waals surface area contributed by atoms with E-state index in [1.54, 1.807) is 26.2 Å². The Balaban J connectivity index is 1.72. The zero-order valence-corrected chi connectivity index (χ0v) is 20.2. The van der Waals surface area contributed by atoms with E-state index in [-0.39, 0.29) is 30.6 Å². The van der Waals surface area contributed by atoms with Gasteiger partial charge < -0.3 is 20.4 Å². The number of thiophene rings is 1. The Morgan fingerprint density at radius 1 is 1.12 bits per heavy atom. The molecule has 0 saturated heterocycles. The van der Waals surface area contributed by atoms with E-state index in [1.165, 1.54) is 16.0 Å². The molecule has 1 atom stereocenters. The number of likely N-dealkylation sites (N-methyl/N-ethyl adjacent to an activating group) is 1. The molecular weight excluding hydrogens is 448 g/mol. The van der Waals surface area contributed by atoms with Crippen molar-refractivity contribution in [2.45, 2.75) is 31.7 Å². The van der Waals surface area contributed by atoms with E-state index < -0.39 is 6.04 Å². The van der Waals surface area contributed by atoms with Gasteiger partial charge in [-0.3, -0.25) is 14.4 Å². The SMILES string of the molecule is CN1CCc2ccc(NC(=O)C(CCC(=O)N(C)C)NC(=O)c3ccc(Cl)s3)cc2CC1. The molecule has 1 aromatic heterocycles. The van der Waals surface area contributed by atoms with Crippen molar-refractivity contribution in [1.29, 1.82) is 0 Å². The predicted octanol–water partition coefficient (Wildman–Crippen LogP) is 3.04. The minimum atomic E-state index is -0.850. The van der Waals surface area contributed by atoms with Gasteiger partial charge in [0.1, 0.15) is 6.04 Å². The molecule has 2 N–H and O–H groups in total. The first-order chi connectivity index (χ1) is 15.2. The normalized spacial score (nSPS) is 14.8. The van der Waals surface area contributed by atoms with Gasteiger partial charge >= 0.3 is 0 Å². The van der Waals surface area contributed by atoms with E-state index >= 15 is 0 Å². The molecule has 3 amide bonds. The van der Waals surface area contributed by atoms with E-state index in [0.717, 1.165) is 37.3 Å². The number of fused-ring (bicyclic) bond motifs is 1. The van der Waals surface area contributed by atoms with E-state index in [0.29, 0.717) is 14.9 Å². The highest BCUT2D eigenvalue weighted by Gasteiger charge is 2.24. The van der Waals surface area contributed by atoms with Crippen LogP contribution in [0.5, 0.6) is 0 Å². The largest absolute Gasteiger partial charge is 0.349 e. The quantitative estimate of drug-likeness (QED) is 0.643. The predicted molar refractivity (Wildman–Crippen MR) is 128 cm³/mol. The summed E-state index contributed by atoms with van der Waals surface area (Å²) in [4.78, 5) is 42.0. The number of rotatable bonds is 7. The highest BCUT2D eigenvalue weighted by atomic mass is 35.5. The Kier molecular flexibility index (Phi) is 8.28. The monoisotopic (exact) mass is 476 g/mol. The number of carbonyl (C=O) groups is 3. The fraction of sp³-hybridized carbons (Fsp3) is 0.435.